The lowest BCUT2D eigenvalue weighted by Crippen LogP contribution is -2.53. The third-order valence-electron chi connectivity index (χ3n) is 3.73. The lowest BCUT2D eigenvalue weighted by molar-refractivity contribution is -0.0170. The van der Waals surface area contributed by atoms with Crippen molar-refractivity contribution in [3.63, 3.8) is 0 Å². The minimum Gasteiger partial charge on any atom is -0.444 e. The highest BCUT2D eigenvalue weighted by Crippen LogP contribution is 2.27. The van der Waals surface area contributed by atoms with Crippen LogP contribution in [0.25, 0.3) is 0 Å². The zero-order valence-electron chi connectivity index (χ0n) is 13.1. The quantitative estimate of drug-likeness (QED) is 0.808. The number of carbonyl (C=O) groups excluding carboxylic acids is 1. The second-order valence-corrected chi connectivity index (χ2v) is 6.95. The predicted molar refractivity (Wildman–Crippen MR) is 81.1 cm³/mol. The summed E-state index contributed by atoms with van der Waals surface area (Å²) < 4.78 is 5.50. The van der Waals surface area contributed by atoms with Gasteiger partial charge in [0.25, 0.3) is 0 Å². The van der Waals surface area contributed by atoms with Gasteiger partial charge in [-0.05, 0) is 40.5 Å². The van der Waals surface area contributed by atoms with Gasteiger partial charge in [-0.3, -0.25) is 4.90 Å². The molecule has 0 unspecified atom stereocenters. The van der Waals surface area contributed by atoms with Crippen molar-refractivity contribution in [1.82, 2.24) is 4.90 Å². The summed E-state index contributed by atoms with van der Waals surface area (Å²) in [5, 5.41) is 9.99. The number of amides is 1. The average molecular weight is 306 g/mol. The molecule has 4 nitrogen and oxygen atoms in total. The van der Waals surface area contributed by atoms with Crippen molar-refractivity contribution < 1.29 is 14.6 Å². The van der Waals surface area contributed by atoms with Gasteiger partial charge in [0.15, 0.2) is 0 Å². The van der Waals surface area contributed by atoms with Crippen molar-refractivity contribution in [1.29, 1.82) is 0 Å². The molecule has 0 bridgehead atoms. The Hall–Kier alpha value is -0.480. The Kier molecular flexibility index (Phi) is 6.59. The van der Waals surface area contributed by atoms with E-state index in [2.05, 4.69) is 0 Å². The fourth-order valence-corrected chi connectivity index (χ4v) is 2.89. The maximum Gasteiger partial charge on any atom is 0.410 e. The second-order valence-electron chi connectivity index (χ2n) is 6.64. The summed E-state index contributed by atoms with van der Waals surface area (Å²) in [5.74, 6) is 0.118. The summed E-state index contributed by atoms with van der Waals surface area (Å²) in [6.07, 6.45) is 4.32. The van der Waals surface area contributed by atoms with Crippen molar-refractivity contribution in [2.24, 2.45) is 0 Å². The van der Waals surface area contributed by atoms with Gasteiger partial charge in [-0.15, -0.1) is 11.6 Å². The largest absolute Gasteiger partial charge is 0.444 e. The van der Waals surface area contributed by atoms with Crippen molar-refractivity contribution in [2.45, 2.75) is 83.6 Å². The maximum atomic E-state index is 12.5. The summed E-state index contributed by atoms with van der Waals surface area (Å²) in [6.45, 7) is 7.40. The van der Waals surface area contributed by atoms with Crippen LogP contribution in [-0.4, -0.2) is 45.8 Å². The zero-order valence-corrected chi connectivity index (χ0v) is 13.8. The van der Waals surface area contributed by atoms with E-state index in [1.807, 2.05) is 27.7 Å². The van der Waals surface area contributed by atoms with E-state index >= 15 is 0 Å². The molecule has 20 heavy (non-hydrogen) atoms. The van der Waals surface area contributed by atoms with Gasteiger partial charge < -0.3 is 9.84 Å². The lowest BCUT2D eigenvalue weighted by Gasteiger charge is -2.40. The highest BCUT2D eigenvalue weighted by atomic mass is 35.5. The first kappa shape index (κ1) is 17.6. The Labute approximate surface area is 127 Å². The van der Waals surface area contributed by atoms with Crippen LogP contribution in [0.1, 0.15) is 59.8 Å². The van der Waals surface area contributed by atoms with E-state index in [0.717, 1.165) is 25.7 Å². The van der Waals surface area contributed by atoms with Gasteiger partial charge in [0.2, 0.25) is 0 Å². The number of halogens is 1. The molecule has 1 fully saturated rings. The van der Waals surface area contributed by atoms with E-state index in [9.17, 15) is 9.90 Å². The Morgan fingerprint density at radius 1 is 1.35 bits per heavy atom. The molecule has 0 radical (unpaired) electrons. The predicted octanol–water partition coefficient (Wildman–Crippen LogP) is 3.54. The summed E-state index contributed by atoms with van der Waals surface area (Å²) in [7, 11) is 0. The molecular weight excluding hydrogens is 278 g/mol. The van der Waals surface area contributed by atoms with Gasteiger partial charge in [0.1, 0.15) is 5.60 Å². The molecule has 1 aliphatic carbocycles. The Bertz CT molecular complexity index is 309. The topological polar surface area (TPSA) is 49.8 Å². The van der Waals surface area contributed by atoms with Crippen LogP contribution in [-0.2, 0) is 4.74 Å². The summed E-state index contributed by atoms with van der Waals surface area (Å²) in [6, 6.07) is -0.183. The number of rotatable bonds is 4. The first-order valence-corrected chi connectivity index (χ1v) is 8.05. The normalized spacial score (nSPS) is 20.3. The van der Waals surface area contributed by atoms with Crippen LogP contribution in [0, 0.1) is 0 Å². The van der Waals surface area contributed by atoms with Gasteiger partial charge in [-0.1, -0.05) is 19.3 Å². The first-order chi connectivity index (χ1) is 9.26. The van der Waals surface area contributed by atoms with Gasteiger partial charge >= 0.3 is 6.09 Å². The van der Waals surface area contributed by atoms with Crippen molar-refractivity contribution >= 4 is 17.7 Å². The molecule has 0 spiro atoms. The van der Waals surface area contributed by atoms with Crippen LogP contribution in [0.5, 0.6) is 0 Å². The Morgan fingerprint density at radius 3 is 2.35 bits per heavy atom. The zero-order chi connectivity index (χ0) is 15.3. The smallest absolute Gasteiger partial charge is 0.410 e. The Morgan fingerprint density at radius 2 is 1.90 bits per heavy atom. The highest BCUT2D eigenvalue weighted by molar-refractivity contribution is 6.18. The van der Waals surface area contributed by atoms with Crippen LogP contribution in [0.4, 0.5) is 4.79 Å². The van der Waals surface area contributed by atoms with Crippen molar-refractivity contribution in [3.05, 3.63) is 0 Å². The van der Waals surface area contributed by atoms with Gasteiger partial charge in [-0.2, -0.15) is 0 Å². The first-order valence-electron chi connectivity index (χ1n) is 7.51. The molecule has 0 aliphatic heterocycles. The van der Waals surface area contributed by atoms with Gasteiger partial charge in [0.05, 0.1) is 18.0 Å². The van der Waals surface area contributed by atoms with E-state index in [0.29, 0.717) is 0 Å². The third-order valence-corrected chi connectivity index (χ3v) is 4.04. The fraction of sp³-hybridized carbons (Fsp3) is 0.933. The van der Waals surface area contributed by atoms with Crippen LogP contribution < -0.4 is 0 Å². The Balaban J connectivity index is 2.85. The van der Waals surface area contributed by atoms with Crippen LogP contribution in [0.2, 0.25) is 0 Å². The summed E-state index contributed by atoms with van der Waals surface area (Å²) in [5.41, 5.74) is -0.532. The molecule has 2 atom stereocenters. The second kappa shape index (κ2) is 7.51. The minimum absolute atomic E-state index is 0.118. The molecule has 0 aromatic heterocycles. The van der Waals surface area contributed by atoms with Crippen molar-refractivity contribution in [2.75, 3.05) is 5.88 Å². The molecule has 1 rings (SSSR count). The fourth-order valence-electron chi connectivity index (χ4n) is 2.64. The maximum absolute atomic E-state index is 12.5. The molecule has 1 aliphatic rings. The number of hydrogen-bond acceptors (Lipinski definition) is 3. The number of nitrogens with zero attached hydrogens (tertiary/aromatic N) is 1. The van der Waals surface area contributed by atoms with E-state index < -0.39 is 11.7 Å². The van der Waals surface area contributed by atoms with Crippen molar-refractivity contribution in [3.8, 4) is 0 Å². The molecule has 0 aromatic carbocycles. The summed E-state index contributed by atoms with van der Waals surface area (Å²) >= 11 is 5.74. The minimum atomic E-state index is -0.730. The molecule has 118 valence electrons. The van der Waals surface area contributed by atoms with Crippen LogP contribution >= 0.6 is 11.6 Å². The number of ether oxygens (including phenoxy) is 1. The van der Waals surface area contributed by atoms with E-state index in [1.54, 1.807) is 4.90 Å². The summed E-state index contributed by atoms with van der Waals surface area (Å²) in [4.78, 5) is 14.2. The molecule has 1 N–H and O–H groups in total. The number of aliphatic hydroxyl groups excluding tert-OH is 1. The lowest BCUT2D eigenvalue weighted by atomic mass is 9.93. The number of alkyl halides is 1. The molecule has 0 aromatic rings. The van der Waals surface area contributed by atoms with E-state index in [-0.39, 0.29) is 24.1 Å². The molecule has 1 saturated carbocycles. The average Bonchev–Trinajstić information content (AvgIpc) is 2.37. The van der Waals surface area contributed by atoms with Gasteiger partial charge in [-0.25, -0.2) is 4.79 Å². The monoisotopic (exact) mass is 305 g/mol. The SMILES string of the molecule is C[C@@H]([C@@H](O)CCl)N(C(=O)OC(C)(C)C)C1CCCCC1. The molecule has 1 amide bonds. The van der Waals surface area contributed by atoms with Crippen LogP contribution in [0.3, 0.4) is 0 Å². The molecular formula is C15H28ClNO3. The number of carbonyl (C=O) groups is 1. The standard InChI is InChI=1S/C15H28ClNO3/c1-11(13(18)10-16)17(12-8-6-5-7-9-12)14(19)20-15(2,3)4/h11-13,18H,5-10H2,1-4H3/t11-,13-/m0/s1. The van der Waals surface area contributed by atoms with Gasteiger partial charge in [0, 0.05) is 6.04 Å². The molecule has 0 heterocycles. The number of hydrogen-bond donors (Lipinski definition) is 1. The highest BCUT2D eigenvalue weighted by Gasteiger charge is 2.35. The van der Waals surface area contributed by atoms with E-state index in [4.69, 9.17) is 16.3 Å². The van der Waals surface area contributed by atoms with Crippen LogP contribution in [0.15, 0.2) is 0 Å². The molecule has 5 heteroatoms. The third kappa shape index (κ3) is 5.13. The number of aliphatic hydroxyl groups is 1. The van der Waals surface area contributed by atoms with E-state index in [1.165, 1.54) is 6.42 Å². The molecule has 0 saturated heterocycles.